The van der Waals surface area contributed by atoms with Gasteiger partial charge in [0, 0.05) is 30.1 Å². The Hall–Kier alpha value is -3.03. The Morgan fingerprint density at radius 2 is 1.75 bits per heavy atom. The van der Waals surface area contributed by atoms with Gasteiger partial charge in [-0.25, -0.2) is 4.98 Å². The molecular weight excluding hydrogens is 416 g/mol. The van der Waals surface area contributed by atoms with E-state index >= 15 is 0 Å². The number of rotatable bonds is 3. The van der Waals surface area contributed by atoms with E-state index in [9.17, 15) is 5.26 Å². The molecule has 5 rings (SSSR count). The summed E-state index contributed by atoms with van der Waals surface area (Å²) < 4.78 is 2.22. The van der Waals surface area contributed by atoms with Crippen LogP contribution < -0.4 is 4.90 Å². The van der Waals surface area contributed by atoms with Crippen molar-refractivity contribution >= 4 is 34.1 Å². The highest BCUT2D eigenvalue weighted by Gasteiger charge is 2.29. The van der Waals surface area contributed by atoms with Gasteiger partial charge in [-0.1, -0.05) is 55.8 Å². The summed E-state index contributed by atoms with van der Waals surface area (Å²) in [5.41, 5.74) is 6.57. The van der Waals surface area contributed by atoms with E-state index < -0.39 is 0 Å². The van der Waals surface area contributed by atoms with Gasteiger partial charge in [-0.3, -0.25) is 4.40 Å². The average molecular weight is 443 g/mol. The van der Waals surface area contributed by atoms with E-state index in [2.05, 4.69) is 48.3 Å². The van der Waals surface area contributed by atoms with Gasteiger partial charge < -0.3 is 4.90 Å². The molecule has 1 aliphatic rings. The third-order valence-corrected chi connectivity index (χ3v) is 7.07. The quantitative estimate of drug-likeness (QED) is 0.369. The average Bonchev–Trinajstić information content (AvgIpc) is 3.14. The number of halogens is 1. The Bertz CT molecular complexity index is 1350. The van der Waals surface area contributed by atoms with Crippen LogP contribution in [0.4, 0.5) is 5.82 Å². The van der Waals surface area contributed by atoms with Crippen LogP contribution in [-0.2, 0) is 6.42 Å². The molecule has 162 valence electrons. The van der Waals surface area contributed by atoms with Gasteiger partial charge in [0.05, 0.1) is 16.6 Å². The number of benzene rings is 2. The maximum absolute atomic E-state index is 10.1. The number of para-hydroxylation sites is 2. The summed E-state index contributed by atoms with van der Waals surface area (Å²) in [6.07, 6.45) is 1.91. The second-order valence-corrected chi connectivity index (χ2v) is 9.70. The molecule has 0 aliphatic carbocycles. The van der Waals surface area contributed by atoms with Crippen molar-refractivity contribution in [2.45, 2.75) is 33.6 Å². The summed E-state index contributed by atoms with van der Waals surface area (Å²) in [4.78, 5) is 7.41. The van der Waals surface area contributed by atoms with Crippen molar-refractivity contribution < 1.29 is 0 Å². The van der Waals surface area contributed by atoms with Crippen LogP contribution in [0.25, 0.3) is 16.7 Å². The first-order valence-corrected chi connectivity index (χ1v) is 11.7. The van der Waals surface area contributed by atoms with E-state index in [0.717, 1.165) is 57.3 Å². The highest BCUT2D eigenvalue weighted by molar-refractivity contribution is 6.31. The van der Waals surface area contributed by atoms with E-state index in [1.165, 1.54) is 6.42 Å². The van der Waals surface area contributed by atoms with Gasteiger partial charge in [0.1, 0.15) is 11.9 Å². The van der Waals surface area contributed by atoms with Crippen molar-refractivity contribution in [1.82, 2.24) is 9.38 Å². The summed E-state index contributed by atoms with van der Waals surface area (Å²) in [7, 11) is 0. The molecule has 0 spiro atoms. The predicted molar refractivity (Wildman–Crippen MR) is 132 cm³/mol. The Labute approximate surface area is 194 Å². The van der Waals surface area contributed by atoms with Crippen molar-refractivity contribution in [3.05, 3.63) is 75.8 Å². The third-order valence-electron chi connectivity index (χ3n) is 6.70. The first-order chi connectivity index (χ1) is 15.5. The van der Waals surface area contributed by atoms with E-state index in [-0.39, 0.29) is 0 Å². The van der Waals surface area contributed by atoms with Crippen molar-refractivity contribution in [2.75, 3.05) is 18.0 Å². The fourth-order valence-electron chi connectivity index (χ4n) is 5.38. The number of fused-ring (bicyclic) bond motifs is 3. The van der Waals surface area contributed by atoms with E-state index in [0.29, 0.717) is 23.8 Å². The summed E-state index contributed by atoms with van der Waals surface area (Å²) in [6.45, 7) is 8.70. The topological polar surface area (TPSA) is 44.3 Å². The lowest BCUT2D eigenvalue weighted by molar-refractivity contribution is 0.354. The van der Waals surface area contributed by atoms with Crippen LogP contribution in [-0.4, -0.2) is 22.5 Å². The molecule has 2 aromatic heterocycles. The van der Waals surface area contributed by atoms with Crippen LogP contribution in [0, 0.1) is 30.1 Å². The Kier molecular flexibility index (Phi) is 5.31. The molecule has 4 nitrogen and oxygen atoms in total. The molecule has 0 bridgehead atoms. The monoisotopic (exact) mass is 442 g/mol. The maximum Gasteiger partial charge on any atom is 0.157 e. The molecule has 5 heteroatoms. The highest BCUT2D eigenvalue weighted by Crippen LogP contribution is 2.37. The summed E-state index contributed by atoms with van der Waals surface area (Å²) in [5.74, 6) is 2.36. The lowest BCUT2D eigenvalue weighted by atomic mass is 9.90. The molecule has 0 amide bonds. The minimum atomic E-state index is 0.604. The van der Waals surface area contributed by atoms with Gasteiger partial charge in [0.25, 0.3) is 0 Å². The first kappa shape index (κ1) is 20.8. The number of imidazole rings is 1. The van der Waals surface area contributed by atoms with Gasteiger partial charge in [0.2, 0.25) is 0 Å². The minimum Gasteiger partial charge on any atom is -0.357 e. The lowest BCUT2D eigenvalue weighted by Crippen LogP contribution is -2.40. The molecule has 4 aromatic rings. The van der Waals surface area contributed by atoms with Crippen LogP contribution in [0.1, 0.15) is 42.5 Å². The molecule has 0 saturated carbocycles. The smallest absolute Gasteiger partial charge is 0.157 e. The molecule has 2 unspecified atom stereocenters. The second kappa shape index (κ2) is 8.15. The molecule has 32 heavy (non-hydrogen) atoms. The Morgan fingerprint density at radius 3 is 2.47 bits per heavy atom. The van der Waals surface area contributed by atoms with Gasteiger partial charge in [-0.05, 0) is 54.5 Å². The number of anilines is 1. The number of hydrogen-bond donors (Lipinski definition) is 0. The van der Waals surface area contributed by atoms with E-state index in [1.807, 2.05) is 36.4 Å². The molecule has 0 radical (unpaired) electrons. The highest BCUT2D eigenvalue weighted by atomic mass is 35.5. The van der Waals surface area contributed by atoms with Crippen molar-refractivity contribution in [1.29, 1.82) is 5.26 Å². The molecule has 0 N–H and O–H groups in total. The number of pyridine rings is 1. The number of nitriles is 1. The third kappa shape index (κ3) is 3.42. The van der Waals surface area contributed by atoms with Gasteiger partial charge in [0.15, 0.2) is 5.65 Å². The number of aromatic nitrogens is 2. The summed E-state index contributed by atoms with van der Waals surface area (Å²) >= 11 is 6.58. The zero-order valence-corrected chi connectivity index (χ0v) is 19.5. The molecule has 2 atom stereocenters. The number of nitrogens with zero attached hydrogens (tertiary/aromatic N) is 4. The molecule has 3 heterocycles. The van der Waals surface area contributed by atoms with Crippen LogP contribution >= 0.6 is 11.6 Å². The van der Waals surface area contributed by atoms with E-state index in [4.69, 9.17) is 16.6 Å². The lowest BCUT2D eigenvalue weighted by Gasteiger charge is -2.38. The molecule has 1 saturated heterocycles. The number of piperidine rings is 1. The summed E-state index contributed by atoms with van der Waals surface area (Å²) in [6, 6.07) is 18.6. The summed E-state index contributed by atoms with van der Waals surface area (Å²) in [5, 5.41) is 10.9. The Morgan fingerprint density at radius 1 is 1.06 bits per heavy atom. The molecule has 2 aromatic carbocycles. The largest absolute Gasteiger partial charge is 0.357 e. The molecular formula is C27H27ClN4. The second-order valence-electron chi connectivity index (χ2n) is 9.29. The van der Waals surface area contributed by atoms with Gasteiger partial charge >= 0.3 is 0 Å². The van der Waals surface area contributed by atoms with Crippen LogP contribution in [0.15, 0.2) is 48.5 Å². The zero-order valence-electron chi connectivity index (χ0n) is 18.8. The normalized spacial score (nSPS) is 18.9. The first-order valence-electron chi connectivity index (χ1n) is 11.3. The number of hydrogen-bond acceptors (Lipinski definition) is 3. The van der Waals surface area contributed by atoms with Crippen LogP contribution in [0.5, 0.6) is 0 Å². The fraction of sp³-hybridized carbons (Fsp3) is 0.333. The van der Waals surface area contributed by atoms with Gasteiger partial charge in [-0.15, -0.1) is 0 Å². The van der Waals surface area contributed by atoms with Crippen LogP contribution in [0.3, 0.4) is 0 Å². The van der Waals surface area contributed by atoms with Crippen molar-refractivity contribution in [3.63, 3.8) is 0 Å². The van der Waals surface area contributed by atoms with E-state index in [1.54, 1.807) is 0 Å². The standard InChI is InChI=1S/C27H27ClN4/c1-17-12-18(2)16-31(15-17)27-21(13-20-8-4-5-9-23(20)28)19(3)22(14-29)26-30-24-10-6-7-11-25(24)32(26)27/h4-11,17-18H,12-13,15-16H2,1-3H3. The minimum absolute atomic E-state index is 0.604. The SMILES string of the molecule is Cc1c(Cc2ccccc2Cl)c(N2CC(C)CC(C)C2)n2c(nc3ccccc32)c1C#N. The molecule has 1 aliphatic heterocycles. The predicted octanol–water partition coefficient (Wildman–Crippen LogP) is 6.39. The van der Waals surface area contributed by atoms with Crippen LogP contribution in [0.2, 0.25) is 5.02 Å². The van der Waals surface area contributed by atoms with Gasteiger partial charge in [-0.2, -0.15) is 5.26 Å². The zero-order chi connectivity index (χ0) is 22.4. The Balaban J connectivity index is 1.86. The fourth-order valence-corrected chi connectivity index (χ4v) is 5.58. The van der Waals surface area contributed by atoms with Crippen molar-refractivity contribution in [3.8, 4) is 6.07 Å². The van der Waals surface area contributed by atoms with Crippen molar-refractivity contribution in [2.24, 2.45) is 11.8 Å². The molecule has 1 fully saturated rings. The maximum atomic E-state index is 10.1.